The van der Waals surface area contributed by atoms with E-state index in [1.54, 1.807) is 0 Å². The van der Waals surface area contributed by atoms with E-state index >= 15 is 0 Å². The lowest BCUT2D eigenvalue weighted by Gasteiger charge is -2.25. The van der Waals surface area contributed by atoms with Gasteiger partial charge in [0, 0.05) is 5.02 Å². The minimum Gasteiger partial charge on any atom is -0.458 e. The number of hydrogen-bond donors (Lipinski definition) is 1. The highest BCUT2D eigenvalue weighted by molar-refractivity contribution is 6.30. The maximum absolute atomic E-state index is 14.1. The van der Waals surface area contributed by atoms with E-state index in [-0.39, 0.29) is 28.9 Å². The van der Waals surface area contributed by atoms with Crippen molar-refractivity contribution in [1.82, 2.24) is 15.3 Å². The van der Waals surface area contributed by atoms with Crippen LogP contribution in [0.2, 0.25) is 5.02 Å². The second kappa shape index (κ2) is 9.57. The molecule has 0 aliphatic carbocycles. The summed E-state index contributed by atoms with van der Waals surface area (Å²) in [5, 5.41) is 15.1. The molecule has 1 saturated heterocycles. The summed E-state index contributed by atoms with van der Waals surface area (Å²) in [6.45, 7) is 1.86. The highest BCUT2D eigenvalue weighted by Gasteiger charge is 2.33. The van der Waals surface area contributed by atoms with Gasteiger partial charge in [0.25, 0.3) is 6.47 Å². The van der Waals surface area contributed by atoms with Crippen LogP contribution in [-0.2, 0) is 9.53 Å². The van der Waals surface area contributed by atoms with E-state index in [2.05, 4.69) is 15.3 Å². The van der Waals surface area contributed by atoms with Crippen molar-refractivity contribution in [2.45, 2.75) is 25.4 Å². The van der Waals surface area contributed by atoms with Gasteiger partial charge in [-0.05, 0) is 56.5 Å². The smallest absolute Gasteiger partial charge is 0.356 e. The van der Waals surface area contributed by atoms with Gasteiger partial charge < -0.3 is 14.8 Å². The maximum atomic E-state index is 14.1. The SMILES string of the molecule is O=COC(CC1CCNCC1)c1ncnc(Oc2ccc(Cl)cc2F)c1[N+](=O)[O-]. The Kier molecular flexibility index (Phi) is 6.89. The van der Waals surface area contributed by atoms with Crippen LogP contribution in [0.5, 0.6) is 11.6 Å². The summed E-state index contributed by atoms with van der Waals surface area (Å²) in [4.78, 5) is 29.8. The van der Waals surface area contributed by atoms with Crippen molar-refractivity contribution in [2.75, 3.05) is 13.1 Å². The second-order valence-electron chi connectivity index (χ2n) is 6.50. The van der Waals surface area contributed by atoms with E-state index in [0.29, 0.717) is 6.42 Å². The summed E-state index contributed by atoms with van der Waals surface area (Å²) in [6.07, 6.45) is 2.16. The van der Waals surface area contributed by atoms with Crippen molar-refractivity contribution in [3.05, 3.63) is 51.2 Å². The third-order valence-corrected chi connectivity index (χ3v) is 4.87. The number of nitrogens with one attached hydrogen (secondary N) is 1. The molecule has 9 nitrogen and oxygen atoms in total. The summed E-state index contributed by atoms with van der Waals surface area (Å²) < 4.78 is 24.5. The molecule has 0 bridgehead atoms. The van der Waals surface area contributed by atoms with Gasteiger partial charge in [0.15, 0.2) is 23.4 Å². The van der Waals surface area contributed by atoms with E-state index < -0.39 is 28.4 Å². The van der Waals surface area contributed by atoms with E-state index in [1.165, 1.54) is 12.1 Å². The molecule has 1 unspecified atom stereocenters. The number of nitrogens with zero attached hydrogens (tertiary/aromatic N) is 3. The van der Waals surface area contributed by atoms with Crippen molar-refractivity contribution in [2.24, 2.45) is 5.92 Å². The van der Waals surface area contributed by atoms with Crippen LogP contribution in [0.15, 0.2) is 24.5 Å². The van der Waals surface area contributed by atoms with Crippen molar-refractivity contribution in [3.8, 4) is 11.6 Å². The van der Waals surface area contributed by atoms with Crippen LogP contribution in [-0.4, -0.2) is 34.5 Å². The quantitative estimate of drug-likeness (QED) is 0.388. The Balaban J connectivity index is 1.95. The molecule has 2 aromatic rings. The van der Waals surface area contributed by atoms with Gasteiger partial charge in [0.05, 0.1) is 4.92 Å². The third kappa shape index (κ3) is 5.15. The Morgan fingerprint density at radius 1 is 1.38 bits per heavy atom. The predicted molar refractivity (Wildman–Crippen MR) is 100 cm³/mol. The molecule has 0 saturated carbocycles. The zero-order valence-electron chi connectivity index (χ0n) is 15.2. The molecule has 1 aliphatic heterocycles. The number of rotatable bonds is 8. The van der Waals surface area contributed by atoms with E-state index in [4.69, 9.17) is 21.1 Å². The summed E-state index contributed by atoms with van der Waals surface area (Å²) in [6, 6.07) is 3.63. The molecule has 29 heavy (non-hydrogen) atoms. The summed E-state index contributed by atoms with van der Waals surface area (Å²) in [7, 11) is 0. The van der Waals surface area contributed by atoms with Crippen LogP contribution in [0.25, 0.3) is 0 Å². The Morgan fingerprint density at radius 3 is 2.79 bits per heavy atom. The van der Waals surface area contributed by atoms with Crippen LogP contribution in [0, 0.1) is 21.8 Å². The van der Waals surface area contributed by atoms with E-state index in [9.17, 15) is 19.3 Å². The first-order chi connectivity index (χ1) is 14.0. The predicted octanol–water partition coefficient (Wildman–Crippen LogP) is 3.57. The zero-order valence-corrected chi connectivity index (χ0v) is 16.0. The number of halogens is 2. The first-order valence-electron chi connectivity index (χ1n) is 8.91. The van der Waals surface area contributed by atoms with E-state index in [0.717, 1.165) is 38.3 Å². The number of hydrogen-bond acceptors (Lipinski definition) is 8. The minimum atomic E-state index is -0.948. The number of ether oxygens (including phenoxy) is 2. The lowest BCUT2D eigenvalue weighted by atomic mass is 9.90. The average molecular weight is 425 g/mol. The van der Waals surface area contributed by atoms with Gasteiger partial charge >= 0.3 is 11.6 Å². The maximum Gasteiger partial charge on any atom is 0.356 e. The Hall–Kier alpha value is -2.85. The number of carbonyl (C=O) groups is 1. The summed E-state index contributed by atoms with van der Waals surface area (Å²) >= 11 is 5.71. The van der Waals surface area contributed by atoms with Crippen molar-refractivity contribution in [3.63, 3.8) is 0 Å². The number of piperidine rings is 1. The van der Waals surface area contributed by atoms with Crippen molar-refractivity contribution >= 4 is 23.8 Å². The highest BCUT2D eigenvalue weighted by Crippen LogP contribution is 2.38. The fourth-order valence-electron chi connectivity index (χ4n) is 3.24. The molecule has 1 aromatic heterocycles. The lowest BCUT2D eigenvalue weighted by Crippen LogP contribution is -2.29. The van der Waals surface area contributed by atoms with Crippen LogP contribution in [0.3, 0.4) is 0 Å². The molecule has 0 amide bonds. The molecular formula is C18H18ClFN4O5. The molecule has 1 fully saturated rings. The zero-order chi connectivity index (χ0) is 20.8. The number of carbonyl (C=O) groups excluding carboxylic acids is 1. The van der Waals surface area contributed by atoms with Gasteiger partial charge in [-0.25, -0.2) is 9.37 Å². The summed E-state index contributed by atoms with van der Waals surface area (Å²) in [5.41, 5.74) is -0.678. The first-order valence-corrected chi connectivity index (χ1v) is 9.29. The van der Waals surface area contributed by atoms with Crippen LogP contribution in [0.1, 0.15) is 31.1 Å². The van der Waals surface area contributed by atoms with Gasteiger partial charge in [-0.3, -0.25) is 14.9 Å². The molecule has 1 atom stereocenters. The Morgan fingerprint density at radius 2 is 2.14 bits per heavy atom. The van der Waals surface area contributed by atoms with Gasteiger partial charge in [0.2, 0.25) is 0 Å². The Labute approximate surface area is 170 Å². The number of aromatic nitrogens is 2. The molecule has 0 spiro atoms. The molecule has 0 radical (unpaired) electrons. The molecule has 1 N–H and O–H groups in total. The topological polar surface area (TPSA) is 116 Å². The lowest BCUT2D eigenvalue weighted by molar-refractivity contribution is -0.387. The van der Waals surface area contributed by atoms with Crippen molar-refractivity contribution < 1.29 is 23.6 Å². The van der Waals surface area contributed by atoms with Gasteiger partial charge in [-0.2, -0.15) is 4.98 Å². The monoisotopic (exact) mass is 424 g/mol. The van der Waals surface area contributed by atoms with Gasteiger partial charge in [-0.15, -0.1) is 0 Å². The second-order valence-corrected chi connectivity index (χ2v) is 6.93. The summed E-state index contributed by atoms with van der Waals surface area (Å²) in [5.74, 6) is -1.34. The largest absolute Gasteiger partial charge is 0.458 e. The van der Waals surface area contributed by atoms with Crippen LogP contribution < -0.4 is 10.1 Å². The molecule has 1 aliphatic rings. The first kappa shape index (κ1) is 20.9. The molecule has 3 rings (SSSR count). The Bertz CT molecular complexity index is 895. The molecule has 11 heteroatoms. The molecule has 1 aromatic carbocycles. The molecular weight excluding hydrogens is 407 g/mol. The third-order valence-electron chi connectivity index (χ3n) is 4.63. The standard InChI is InChI=1S/C18H18ClFN4O5/c19-12-1-2-14(13(20)8-12)29-18-17(24(26)27)16(22-9-23-18)15(28-10-25)7-11-3-5-21-6-4-11/h1-2,8-11,15,21H,3-7H2. The van der Waals surface area contributed by atoms with Gasteiger partial charge in [-0.1, -0.05) is 11.6 Å². The van der Waals surface area contributed by atoms with Crippen LogP contribution >= 0.6 is 11.6 Å². The number of nitro groups is 1. The van der Waals surface area contributed by atoms with Crippen LogP contribution in [0.4, 0.5) is 10.1 Å². The van der Waals surface area contributed by atoms with Crippen molar-refractivity contribution in [1.29, 1.82) is 0 Å². The normalized spacial score (nSPS) is 15.5. The van der Waals surface area contributed by atoms with Gasteiger partial charge in [0.1, 0.15) is 6.33 Å². The fourth-order valence-corrected chi connectivity index (χ4v) is 3.40. The molecule has 2 heterocycles. The average Bonchev–Trinajstić information content (AvgIpc) is 2.70. The molecule has 154 valence electrons. The number of benzene rings is 1. The minimum absolute atomic E-state index is 0.0972. The highest BCUT2D eigenvalue weighted by atomic mass is 35.5. The fraction of sp³-hybridized carbons (Fsp3) is 0.389. The van der Waals surface area contributed by atoms with E-state index in [1.807, 2.05) is 0 Å².